The normalized spacial score (nSPS) is 12.6. The fourth-order valence-electron chi connectivity index (χ4n) is 2.62. The molecule has 0 fully saturated rings. The monoisotopic (exact) mass is 435 g/mol. The molecule has 1 aromatic carbocycles. The summed E-state index contributed by atoms with van der Waals surface area (Å²) >= 11 is 0. The Morgan fingerprint density at radius 1 is 1.06 bits per heavy atom. The maximum atomic E-state index is 12.9. The van der Waals surface area contributed by atoms with Crippen LogP contribution in [-0.4, -0.2) is 46.2 Å². The van der Waals surface area contributed by atoms with Gasteiger partial charge in [0.05, 0.1) is 5.56 Å². The lowest BCUT2D eigenvalue weighted by Crippen LogP contribution is -2.58. The number of amides is 3. The van der Waals surface area contributed by atoms with Crippen LogP contribution in [0, 0.1) is 5.92 Å². The number of carbonyl (C=O) groups excluding carboxylic acids is 3. The molecular formula is C22H33N3O6. The number of ether oxygens (including phenoxy) is 1. The van der Waals surface area contributed by atoms with Gasteiger partial charge in [0.25, 0.3) is 0 Å². The third-order valence-corrected chi connectivity index (χ3v) is 4.09. The summed E-state index contributed by atoms with van der Waals surface area (Å²) < 4.78 is 5.23. The van der Waals surface area contributed by atoms with Gasteiger partial charge in [0, 0.05) is 5.69 Å². The van der Waals surface area contributed by atoms with Crippen molar-refractivity contribution in [3.63, 3.8) is 0 Å². The molecule has 1 aromatic rings. The number of hydrogen-bond acceptors (Lipinski definition) is 5. The second-order valence-electron chi connectivity index (χ2n) is 9.28. The van der Waals surface area contributed by atoms with Crippen LogP contribution >= 0.6 is 0 Å². The van der Waals surface area contributed by atoms with Gasteiger partial charge >= 0.3 is 12.1 Å². The molecule has 9 nitrogen and oxygen atoms in total. The first-order valence-electron chi connectivity index (χ1n) is 10.1. The van der Waals surface area contributed by atoms with Gasteiger partial charge in [0.1, 0.15) is 17.2 Å². The first-order chi connectivity index (χ1) is 14.1. The van der Waals surface area contributed by atoms with Crippen molar-refractivity contribution in [1.82, 2.24) is 10.6 Å². The molecule has 0 aromatic heterocycles. The van der Waals surface area contributed by atoms with E-state index in [1.54, 1.807) is 26.8 Å². The molecule has 0 heterocycles. The topological polar surface area (TPSA) is 134 Å². The molecular weight excluding hydrogens is 402 g/mol. The van der Waals surface area contributed by atoms with Crippen LogP contribution in [-0.2, 0) is 14.3 Å². The lowest BCUT2D eigenvalue weighted by molar-refractivity contribution is -0.130. The molecule has 0 aliphatic carbocycles. The van der Waals surface area contributed by atoms with E-state index in [-0.39, 0.29) is 17.2 Å². The lowest BCUT2D eigenvalue weighted by atomic mass is 9.99. The second kappa shape index (κ2) is 10.3. The molecule has 0 saturated carbocycles. The van der Waals surface area contributed by atoms with E-state index in [0.29, 0.717) is 6.42 Å². The molecule has 9 heteroatoms. The molecule has 4 N–H and O–H groups in total. The molecule has 1 atom stereocenters. The minimum atomic E-state index is -1.33. The van der Waals surface area contributed by atoms with Crippen LogP contribution in [0.4, 0.5) is 10.5 Å². The van der Waals surface area contributed by atoms with Crippen molar-refractivity contribution in [2.24, 2.45) is 5.92 Å². The lowest BCUT2D eigenvalue weighted by Gasteiger charge is -2.29. The quantitative estimate of drug-likeness (QED) is 0.496. The molecule has 0 bridgehead atoms. The molecule has 0 aliphatic heterocycles. The van der Waals surface area contributed by atoms with Crippen LogP contribution in [0.25, 0.3) is 0 Å². The Kier molecular flexibility index (Phi) is 8.60. The molecule has 0 aliphatic rings. The smallest absolute Gasteiger partial charge is 0.408 e. The zero-order valence-corrected chi connectivity index (χ0v) is 19.2. The molecule has 31 heavy (non-hydrogen) atoms. The number of alkyl carbamates (subject to hydrolysis) is 1. The Hall–Kier alpha value is -3.10. The van der Waals surface area contributed by atoms with Gasteiger partial charge in [0.2, 0.25) is 11.8 Å². The van der Waals surface area contributed by atoms with Gasteiger partial charge < -0.3 is 25.8 Å². The summed E-state index contributed by atoms with van der Waals surface area (Å²) in [7, 11) is 0. The Labute approximate surface area is 182 Å². The zero-order valence-electron chi connectivity index (χ0n) is 19.2. The van der Waals surface area contributed by atoms with Crippen molar-refractivity contribution in [3.05, 3.63) is 29.8 Å². The number of carbonyl (C=O) groups is 4. The minimum Gasteiger partial charge on any atom is -0.478 e. The van der Waals surface area contributed by atoms with Gasteiger partial charge in [-0.05, 0) is 65.2 Å². The summed E-state index contributed by atoms with van der Waals surface area (Å²) in [5.74, 6) is -2.09. The first-order valence-corrected chi connectivity index (χ1v) is 10.1. The van der Waals surface area contributed by atoms with Gasteiger partial charge in [-0.15, -0.1) is 0 Å². The molecule has 3 amide bonds. The number of carboxylic acids is 1. The van der Waals surface area contributed by atoms with Gasteiger partial charge in [-0.3, -0.25) is 9.59 Å². The van der Waals surface area contributed by atoms with Crippen molar-refractivity contribution < 1.29 is 29.0 Å². The van der Waals surface area contributed by atoms with E-state index in [4.69, 9.17) is 9.84 Å². The fraction of sp³-hybridized carbons (Fsp3) is 0.545. The van der Waals surface area contributed by atoms with Crippen LogP contribution < -0.4 is 16.0 Å². The highest BCUT2D eigenvalue weighted by Crippen LogP contribution is 2.15. The van der Waals surface area contributed by atoms with Crippen molar-refractivity contribution in [1.29, 1.82) is 0 Å². The Balaban J connectivity index is 2.89. The standard InChI is InChI=1S/C22H33N3O6/c1-13(2)11-16(24-20(30)31-21(3,4)5)17(26)25-22(6,7)19(29)23-15-10-8-9-14(12-15)18(27)28/h8-10,12-13,16H,11H2,1-7H3,(H,23,29)(H,24,30)(H,25,26)(H,27,28)/t16-/m0/s1. The van der Waals surface area contributed by atoms with Crippen LogP contribution in [0.1, 0.15) is 65.2 Å². The summed E-state index contributed by atoms with van der Waals surface area (Å²) in [4.78, 5) is 48.8. The van der Waals surface area contributed by atoms with E-state index in [2.05, 4.69) is 16.0 Å². The summed E-state index contributed by atoms with van der Waals surface area (Å²) in [6.45, 7) is 12.0. The van der Waals surface area contributed by atoms with Crippen molar-refractivity contribution >= 4 is 29.6 Å². The molecule has 1 rings (SSSR count). The number of nitrogens with one attached hydrogen (secondary N) is 3. The average molecular weight is 436 g/mol. The van der Waals surface area contributed by atoms with E-state index in [0.717, 1.165) is 0 Å². The Morgan fingerprint density at radius 3 is 2.19 bits per heavy atom. The third kappa shape index (κ3) is 9.06. The van der Waals surface area contributed by atoms with Crippen molar-refractivity contribution in [3.8, 4) is 0 Å². The van der Waals surface area contributed by atoms with E-state index in [9.17, 15) is 19.2 Å². The summed E-state index contributed by atoms with van der Waals surface area (Å²) in [5.41, 5.74) is -1.73. The highest BCUT2D eigenvalue weighted by molar-refractivity contribution is 6.01. The molecule has 172 valence electrons. The number of aromatic carboxylic acids is 1. The highest BCUT2D eigenvalue weighted by atomic mass is 16.6. The minimum absolute atomic E-state index is 0.0261. The van der Waals surface area contributed by atoms with Gasteiger partial charge in [-0.25, -0.2) is 9.59 Å². The van der Waals surface area contributed by atoms with Crippen LogP contribution in [0.15, 0.2) is 24.3 Å². The number of carboxylic acid groups (broad SMARTS) is 1. The van der Waals surface area contributed by atoms with Crippen LogP contribution in [0.2, 0.25) is 0 Å². The largest absolute Gasteiger partial charge is 0.478 e. The Bertz CT molecular complexity index is 827. The van der Waals surface area contributed by atoms with Crippen molar-refractivity contribution in [2.75, 3.05) is 5.32 Å². The predicted molar refractivity (Wildman–Crippen MR) is 117 cm³/mol. The molecule has 0 spiro atoms. The predicted octanol–water partition coefficient (Wildman–Crippen LogP) is 3.16. The van der Waals surface area contributed by atoms with E-state index in [1.807, 2.05) is 13.8 Å². The van der Waals surface area contributed by atoms with E-state index >= 15 is 0 Å². The fourth-order valence-corrected chi connectivity index (χ4v) is 2.62. The van der Waals surface area contributed by atoms with E-state index in [1.165, 1.54) is 32.0 Å². The number of benzene rings is 1. The van der Waals surface area contributed by atoms with Gasteiger partial charge in [-0.2, -0.15) is 0 Å². The SMILES string of the molecule is CC(C)C[C@H](NC(=O)OC(C)(C)C)C(=O)NC(C)(C)C(=O)Nc1cccc(C(=O)O)c1. The molecule has 0 unspecified atom stereocenters. The second-order valence-corrected chi connectivity index (χ2v) is 9.28. The number of hydrogen-bond donors (Lipinski definition) is 4. The van der Waals surface area contributed by atoms with Crippen LogP contribution in [0.5, 0.6) is 0 Å². The maximum absolute atomic E-state index is 12.9. The Morgan fingerprint density at radius 2 is 1.68 bits per heavy atom. The van der Waals surface area contributed by atoms with E-state index < -0.39 is 41.1 Å². The van der Waals surface area contributed by atoms with Crippen LogP contribution in [0.3, 0.4) is 0 Å². The average Bonchev–Trinajstić information content (AvgIpc) is 2.58. The molecule has 0 saturated heterocycles. The van der Waals surface area contributed by atoms with Crippen molar-refractivity contribution in [2.45, 2.75) is 72.1 Å². The highest BCUT2D eigenvalue weighted by Gasteiger charge is 2.33. The number of anilines is 1. The molecule has 0 radical (unpaired) electrons. The maximum Gasteiger partial charge on any atom is 0.408 e. The zero-order chi connectivity index (χ0) is 24.0. The summed E-state index contributed by atoms with van der Waals surface area (Å²) in [5, 5.41) is 16.9. The van der Waals surface area contributed by atoms with Gasteiger partial charge in [0.15, 0.2) is 0 Å². The summed E-state index contributed by atoms with van der Waals surface area (Å²) in [6.07, 6.45) is -0.371. The first kappa shape index (κ1) is 25.9. The van der Waals surface area contributed by atoms with Gasteiger partial charge in [-0.1, -0.05) is 19.9 Å². The number of rotatable bonds is 8. The third-order valence-electron chi connectivity index (χ3n) is 4.09. The summed E-state index contributed by atoms with van der Waals surface area (Å²) in [6, 6.07) is 4.90.